The summed E-state index contributed by atoms with van der Waals surface area (Å²) in [6.45, 7) is 5.20. The van der Waals surface area contributed by atoms with Gasteiger partial charge >= 0.3 is 5.97 Å². The lowest BCUT2D eigenvalue weighted by Crippen LogP contribution is -2.36. The van der Waals surface area contributed by atoms with Gasteiger partial charge in [0.05, 0.1) is 31.2 Å². The minimum Gasteiger partial charge on any atom is -0.461 e. The number of rotatable bonds is 5. The van der Waals surface area contributed by atoms with Gasteiger partial charge in [-0.15, -0.1) is 0 Å². The molecule has 4 rings (SSSR count). The fourth-order valence-electron chi connectivity index (χ4n) is 3.32. The molecule has 0 N–H and O–H groups in total. The normalized spacial score (nSPS) is 14.1. The maximum absolute atomic E-state index is 13.3. The summed E-state index contributed by atoms with van der Waals surface area (Å²) in [6, 6.07) is 15.6. The summed E-state index contributed by atoms with van der Waals surface area (Å²) in [5.74, 6) is -0.821. The molecule has 1 aromatic heterocycles. The fraction of sp³-hybridized carbons (Fsp3) is 0.273. The van der Waals surface area contributed by atoms with Gasteiger partial charge < -0.3 is 14.4 Å². The van der Waals surface area contributed by atoms with Crippen molar-refractivity contribution in [2.24, 2.45) is 0 Å². The van der Waals surface area contributed by atoms with Crippen LogP contribution in [0.5, 0.6) is 0 Å². The monoisotopic (exact) mass is 395 g/mol. The fourth-order valence-corrected chi connectivity index (χ4v) is 3.32. The quantitative estimate of drug-likeness (QED) is 0.617. The van der Waals surface area contributed by atoms with E-state index in [0.717, 1.165) is 37.6 Å². The molecule has 6 nitrogen and oxygen atoms in total. The first-order valence-corrected chi connectivity index (χ1v) is 9.62. The lowest BCUT2D eigenvalue weighted by molar-refractivity contribution is 0.0515. The van der Waals surface area contributed by atoms with Crippen LogP contribution in [0.2, 0.25) is 0 Å². The van der Waals surface area contributed by atoms with Gasteiger partial charge in [0.15, 0.2) is 5.69 Å². The first-order chi connectivity index (χ1) is 14.2. The minimum absolute atomic E-state index is 0.261. The zero-order chi connectivity index (χ0) is 20.2. The number of carbonyl (C=O) groups is 1. The van der Waals surface area contributed by atoms with Crippen LogP contribution < -0.4 is 4.90 Å². The third kappa shape index (κ3) is 4.14. The van der Waals surface area contributed by atoms with Crippen molar-refractivity contribution in [1.29, 1.82) is 0 Å². The molecule has 29 heavy (non-hydrogen) atoms. The molecule has 1 fully saturated rings. The Morgan fingerprint density at radius 3 is 2.38 bits per heavy atom. The number of nitrogens with zero attached hydrogens (tertiary/aromatic N) is 3. The average Bonchev–Trinajstić information content (AvgIpc) is 3.21. The van der Waals surface area contributed by atoms with Crippen LogP contribution in [0, 0.1) is 5.82 Å². The molecule has 2 aromatic carbocycles. The van der Waals surface area contributed by atoms with Crippen LogP contribution in [0.1, 0.15) is 17.4 Å². The van der Waals surface area contributed by atoms with E-state index >= 15 is 0 Å². The SMILES string of the molecule is CCOC(=O)c1cc(-c2ccc(N3CCOCC3)cc2)nn1-c1ccc(F)cc1. The number of hydrogen-bond acceptors (Lipinski definition) is 5. The van der Waals surface area contributed by atoms with Crippen LogP contribution in [-0.4, -0.2) is 48.7 Å². The Bertz CT molecular complexity index is 978. The van der Waals surface area contributed by atoms with Crippen molar-refractivity contribution in [3.8, 4) is 16.9 Å². The maximum atomic E-state index is 13.3. The first-order valence-electron chi connectivity index (χ1n) is 9.62. The van der Waals surface area contributed by atoms with Crippen LogP contribution in [0.25, 0.3) is 16.9 Å². The molecule has 1 saturated heterocycles. The van der Waals surface area contributed by atoms with Crippen molar-refractivity contribution >= 4 is 11.7 Å². The predicted octanol–water partition coefficient (Wildman–Crippen LogP) is 3.69. The molecule has 0 radical (unpaired) electrons. The molecule has 7 heteroatoms. The van der Waals surface area contributed by atoms with Crippen LogP contribution in [0.15, 0.2) is 54.6 Å². The summed E-state index contributed by atoms with van der Waals surface area (Å²) in [7, 11) is 0. The molecule has 0 atom stereocenters. The van der Waals surface area contributed by atoms with Crippen LogP contribution in [-0.2, 0) is 9.47 Å². The Hall–Kier alpha value is -3.19. The molecule has 0 aliphatic carbocycles. The number of anilines is 1. The van der Waals surface area contributed by atoms with E-state index in [4.69, 9.17) is 9.47 Å². The Balaban J connectivity index is 1.67. The second-order valence-corrected chi connectivity index (χ2v) is 6.67. The lowest BCUT2D eigenvalue weighted by Gasteiger charge is -2.28. The van der Waals surface area contributed by atoms with E-state index in [9.17, 15) is 9.18 Å². The number of hydrogen-bond donors (Lipinski definition) is 0. The molecule has 1 aliphatic rings. The molecule has 0 amide bonds. The number of morpholine rings is 1. The minimum atomic E-state index is -0.472. The lowest BCUT2D eigenvalue weighted by atomic mass is 10.1. The van der Waals surface area contributed by atoms with Crippen molar-refractivity contribution in [3.63, 3.8) is 0 Å². The zero-order valence-corrected chi connectivity index (χ0v) is 16.2. The highest BCUT2D eigenvalue weighted by molar-refractivity contribution is 5.90. The number of esters is 1. The molecule has 150 valence electrons. The summed E-state index contributed by atoms with van der Waals surface area (Å²) in [5, 5.41) is 4.59. The summed E-state index contributed by atoms with van der Waals surface area (Å²) in [5.41, 5.74) is 3.54. The number of carbonyl (C=O) groups excluding carboxylic acids is 1. The van der Waals surface area contributed by atoms with Gasteiger partial charge in [-0.3, -0.25) is 0 Å². The molecule has 0 unspecified atom stereocenters. The summed E-state index contributed by atoms with van der Waals surface area (Å²) in [4.78, 5) is 14.7. The molecular formula is C22H22FN3O3. The van der Waals surface area contributed by atoms with Gasteiger partial charge in [0.1, 0.15) is 5.82 Å². The van der Waals surface area contributed by atoms with Crippen molar-refractivity contribution in [2.75, 3.05) is 37.8 Å². The van der Waals surface area contributed by atoms with E-state index in [2.05, 4.69) is 10.00 Å². The van der Waals surface area contributed by atoms with Gasteiger partial charge in [-0.1, -0.05) is 12.1 Å². The number of ether oxygens (including phenoxy) is 2. The van der Waals surface area contributed by atoms with Gasteiger partial charge in [0.25, 0.3) is 0 Å². The van der Waals surface area contributed by atoms with Crippen LogP contribution >= 0.6 is 0 Å². The highest BCUT2D eigenvalue weighted by Gasteiger charge is 2.19. The molecule has 0 saturated carbocycles. The summed E-state index contributed by atoms with van der Waals surface area (Å²) < 4.78 is 25.4. The number of benzene rings is 2. The van der Waals surface area contributed by atoms with E-state index in [-0.39, 0.29) is 12.4 Å². The maximum Gasteiger partial charge on any atom is 0.357 e. The average molecular weight is 395 g/mol. The van der Waals surface area contributed by atoms with Gasteiger partial charge in [-0.25, -0.2) is 13.9 Å². The highest BCUT2D eigenvalue weighted by atomic mass is 19.1. The van der Waals surface area contributed by atoms with Gasteiger partial charge in [0.2, 0.25) is 0 Å². The molecule has 3 aromatic rings. The van der Waals surface area contributed by atoms with E-state index in [0.29, 0.717) is 17.1 Å². The summed E-state index contributed by atoms with van der Waals surface area (Å²) >= 11 is 0. The van der Waals surface area contributed by atoms with Crippen LogP contribution in [0.4, 0.5) is 10.1 Å². The number of aromatic nitrogens is 2. The zero-order valence-electron chi connectivity index (χ0n) is 16.2. The van der Waals surface area contributed by atoms with Crippen molar-refractivity contribution in [1.82, 2.24) is 9.78 Å². The van der Waals surface area contributed by atoms with Crippen molar-refractivity contribution < 1.29 is 18.7 Å². The van der Waals surface area contributed by atoms with E-state index < -0.39 is 5.97 Å². The van der Waals surface area contributed by atoms with Gasteiger partial charge in [0, 0.05) is 24.3 Å². The predicted molar refractivity (Wildman–Crippen MR) is 108 cm³/mol. The van der Waals surface area contributed by atoms with Crippen LogP contribution in [0.3, 0.4) is 0 Å². The Morgan fingerprint density at radius 2 is 1.72 bits per heavy atom. The molecule has 1 aliphatic heterocycles. The number of halogens is 1. The summed E-state index contributed by atoms with van der Waals surface area (Å²) in [6.07, 6.45) is 0. The molecule has 0 bridgehead atoms. The standard InChI is InChI=1S/C22H22FN3O3/c1-2-29-22(27)21-15-20(24-26(21)19-9-5-17(23)6-10-19)16-3-7-18(8-4-16)25-11-13-28-14-12-25/h3-10,15H,2,11-14H2,1H3. The highest BCUT2D eigenvalue weighted by Crippen LogP contribution is 2.25. The Morgan fingerprint density at radius 1 is 1.07 bits per heavy atom. The van der Waals surface area contributed by atoms with E-state index in [1.807, 2.05) is 24.3 Å². The van der Waals surface area contributed by atoms with Gasteiger partial charge in [-0.2, -0.15) is 5.10 Å². The molecular weight excluding hydrogens is 373 g/mol. The van der Waals surface area contributed by atoms with Gasteiger partial charge in [-0.05, 0) is 49.4 Å². The van der Waals surface area contributed by atoms with Crippen molar-refractivity contribution in [2.45, 2.75) is 6.92 Å². The first kappa shape index (κ1) is 19.1. The Labute approximate surface area is 168 Å². The van der Waals surface area contributed by atoms with E-state index in [1.165, 1.54) is 16.8 Å². The third-order valence-electron chi connectivity index (χ3n) is 4.80. The van der Waals surface area contributed by atoms with E-state index in [1.54, 1.807) is 25.1 Å². The second kappa shape index (κ2) is 8.45. The second-order valence-electron chi connectivity index (χ2n) is 6.67. The smallest absolute Gasteiger partial charge is 0.357 e. The topological polar surface area (TPSA) is 56.6 Å². The molecule has 0 spiro atoms. The third-order valence-corrected chi connectivity index (χ3v) is 4.80. The van der Waals surface area contributed by atoms with Crippen molar-refractivity contribution in [3.05, 3.63) is 66.1 Å². The largest absolute Gasteiger partial charge is 0.461 e. The Kier molecular flexibility index (Phi) is 5.57. The molecule has 2 heterocycles.